The van der Waals surface area contributed by atoms with E-state index in [4.69, 9.17) is 4.52 Å². The molecule has 1 saturated heterocycles. The maximum Gasteiger partial charge on any atom is 0.401 e. The zero-order valence-electron chi connectivity index (χ0n) is 13.9. The molecule has 0 radical (unpaired) electrons. The molecule has 2 heterocycles. The first kappa shape index (κ1) is 18.6. The number of likely N-dealkylation sites (tertiary alicyclic amines) is 1. The highest BCUT2D eigenvalue weighted by atomic mass is 19.4. The minimum Gasteiger partial charge on any atom is -0.361 e. The van der Waals surface area contributed by atoms with Crippen molar-refractivity contribution in [2.45, 2.75) is 51.9 Å². The zero-order valence-corrected chi connectivity index (χ0v) is 13.9. The Balaban J connectivity index is 1.79. The molecule has 1 aliphatic heterocycles. The fourth-order valence-corrected chi connectivity index (χ4v) is 2.89. The molecular weight excluding hydrogens is 325 g/mol. The summed E-state index contributed by atoms with van der Waals surface area (Å²) >= 11 is 0. The molecule has 0 aliphatic carbocycles. The average Bonchev–Trinajstić information content (AvgIpc) is 3.09. The molecular formula is C15H23F3N4O2. The van der Waals surface area contributed by atoms with Crippen molar-refractivity contribution in [3.8, 4) is 0 Å². The third kappa shape index (κ3) is 5.12. The monoisotopic (exact) mass is 348 g/mol. The second kappa shape index (κ2) is 7.87. The second-order valence-corrected chi connectivity index (χ2v) is 5.90. The van der Waals surface area contributed by atoms with Gasteiger partial charge in [-0.3, -0.25) is 4.90 Å². The van der Waals surface area contributed by atoms with Crippen LogP contribution in [-0.2, 0) is 19.4 Å². The highest BCUT2D eigenvalue weighted by molar-refractivity contribution is 5.74. The highest BCUT2D eigenvalue weighted by Crippen LogP contribution is 2.20. The number of nitrogens with one attached hydrogen (secondary N) is 2. The molecule has 0 unspecified atom stereocenters. The van der Waals surface area contributed by atoms with E-state index in [0.717, 1.165) is 17.0 Å². The number of carbonyl (C=O) groups excluding carboxylic acids is 1. The van der Waals surface area contributed by atoms with Crippen molar-refractivity contribution < 1.29 is 22.5 Å². The van der Waals surface area contributed by atoms with Gasteiger partial charge in [0.2, 0.25) is 0 Å². The van der Waals surface area contributed by atoms with Crippen LogP contribution in [0.4, 0.5) is 18.0 Å². The predicted octanol–water partition coefficient (Wildman–Crippen LogP) is 2.24. The zero-order chi connectivity index (χ0) is 17.7. The number of alkyl halides is 3. The molecule has 9 heteroatoms. The quantitative estimate of drug-likeness (QED) is 0.827. The minimum absolute atomic E-state index is 0.209. The van der Waals surface area contributed by atoms with E-state index >= 15 is 0 Å². The van der Waals surface area contributed by atoms with Crippen molar-refractivity contribution in [1.29, 1.82) is 0 Å². The summed E-state index contributed by atoms with van der Waals surface area (Å²) in [5.74, 6) is 0.740. The molecule has 1 aromatic rings. The van der Waals surface area contributed by atoms with Gasteiger partial charge < -0.3 is 15.2 Å². The summed E-state index contributed by atoms with van der Waals surface area (Å²) in [6.45, 7) is 3.79. The predicted molar refractivity (Wildman–Crippen MR) is 81.5 cm³/mol. The lowest BCUT2D eigenvalue weighted by Crippen LogP contribution is -2.43. The number of rotatable bonds is 6. The maximum absolute atomic E-state index is 12.4. The molecule has 0 aromatic carbocycles. The summed E-state index contributed by atoms with van der Waals surface area (Å²) < 4.78 is 42.3. The number of hydrogen-bond donors (Lipinski definition) is 2. The van der Waals surface area contributed by atoms with E-state index in [1.54, 1.807) is 0 Å². The SMILES string of the molecule is CCc1noc(CC)c1CNC(=O)N[C@@H]1CCN(CC(F)(F)F)C1. The first-order valence-corrected chi connectivity index (χ1v) is 8.12. The summed E-state index contributed by atoms with van der Waals surface area (Å²) in [6, 6.07) is -0.662. The molecule has 1 aromatic heterocycles. The van der Waals surface area contributed by atoms with Gasteiger partial charge in [-0.25, -0.2) is 4.79 Å². The summed E-state index contributed by atoms with van der Waals surface area (Å²) in [4.78, 5) is 13.3. The Morgan fingerprint density at radius 3 is 2.75 bits per heavy atom. The first-order chi connectivity index (χ1) is 11.3. The normalized spacial score (nSPS) is 18.8. The van der Waals surface area contributed by atoms with Crippen molar-refractivity contribution in [3.05, 3.63) is 17.0 Å². The molecule has 1 aliphatic rings. The molecule has 2 amide bonds. The van der Waals surface area contributed by atoms with Gasteiger partial charge in [-0.15, -0.1) is 0 Å². The van der Waals surface area contributed by atoms with Gasteiger partial charge in [-0.2, -0.15) is 13.2 Å². The van der Waals surface area contributed by atoms with Crippen molar-refractivity contribution >= 4 is 6.03 Å². The van der Waals surface area contributed by atoms with E-state index in [9.17, 15) is 18.0 Å². The molecule has 136 valence electrons. The summed E-state index contributed by atoms with van der Waals surface area (Å²) in [5.41, 5.74) is 1.68. The van der Waals surface area contributed by atoms with Crippen LogP contribution in [0.25, 0.3) is 0 Å². The fourth-order valence-electron chi connectivity index (χ4n) is 2.89. The molecule has 24 heavy (non-hydrogen) atoms. The van der Waals surface area contributed by atoms with Crippen LogP contribution in [0, 0.1) is 0 Å². The largest absolute Gasteiger partial charge is 0.401 e. The number of hydrogen-bond acceptors (Lipinski definition) is 4. The standard InChI is InChI=1S/C15H23F3N4O2/c1-3-12-11(13(4-2)24-21-12)7-19-14(23)20-10-5-6-22(8-10)9-15(16,17)18/h10H,3-9H2,1-2H3,(H2,19,20,23)/t10-/m1/s1. The number of carbonyl (C=O) groups is 1. The lowest BCUT2D eigenvalue weighted by Gasteiger charge is -2.18. The number of nitrogens with zero attached hydrogens (tertiary/aromatic N) is 2. The van der Waals surface area contributed by atoms with Crippen molar-refractivity contribution in [3.63, 3.8) is 0 Å². The van der Waals surface area contributed by atoms with Gasteiger partial charge in [-0.05, 0) is 12.8 Å². The molecule has 0 bridgehead atoms. The summed E-state index contributed by atoms with van der Waals surface area (Å²) in [6.07, 6.45) is -2.31. The van der Waals surface area contributed by atoms with Gasteiger partial charge >= 0.3 is 12.2 Å². The Kier molecular flexibility index (Phi) is 6.09. The Labute approximate surface area is 138 Å². The lowest BCUT2D eigenvalue weighted by molar-refractivity contribution is -0.143. The van der Waals surface area contributed by atoms with Crippen molar-refractivity contribution in [2.24, 2.45) is 0 Å². The minimum atomic E-state index is -4.21. The number of aryl methyl sites for hydroxylation is 2. The van der Waals surface area contributed by atoms with E-state index in [1.165, 1.54) is 4.90 Å². The lowest BCUT2D eigenvalue weighted by atomic mass is 10.1. The van der Waals surface area contributed by atoms with E-state index in [-0.39, 0.29) is 18.6 Å². The van der Waals surface area contributed by atoms with Crippen molar-refractivity contribution in [2.75, 3.05) is 19.6 Å². The average molecular weight is 348 g/mol. The van der Waals surface area contributed by atoms with E-state index in [1.807, 2.05) is 13.8 Å². The van der Waals surface area contributed by atoms with Crippen LogP contribution >= 0.6 is 0 Å². The summed E-state index contributed by atoms with van der Waals surface area (Å²) in [7, 11) is 0. The first-order valence-electron chi connectivity index (χ1n) is 8.12. The number of amides is 2. The van der Waals surface area contributed by atoms with Gasteiger partial charge in [0.1, 0.15) is 5.76 Å². The van der Waals surface area contributed by atoms with Crippen LogP contribution in [0.2, 0.25) is 0 Å². The molecule has 2 rings (SSSR count). The smallest absolute Gasteiger partial charge is 0.361 e. The van der Waals surface area contributed by atoms with E-state index < -0.39 is 12.7 Å². The molecule has 1 fully saturated rings. The van der Waals surface area contributed by atoms with Gasteiger partial charge in [0.15, 0.2) is 0 Å². The van der Waals surface area contributed by atoms with Crippen LogP contribution in [0.1, 0.15) is 37.3 Å². The van der Waals surface area contributed by atoms with Crippen LogP contribution in [-0.4, -0.2) is 47.9 Å². The van der Waals surface area contributed by atoms with E-state index in [0.29, 0.717) is 32.4 Å². The molecule has 6 nitrogen and oxygen atoms in total. The molecule has 0 saturated carbocycles. The summed E-state index contributed by atoms with van der Waals surface area (Å²) in [5, 5.41) is 9.43. The van der Waals surface area contributed by atoms with Crippen molar-refractivity contribution in [1.82, 2.24) is 20.7 Å². The second-order valence-electron chi connectivity index (χ2n) is 5.90. The topological polar surface area (TPSA) is 70.4 Å². The van der Waals surface area contributed by atoms with Crippen LogP contribution in [0.5, 0.6) is 0 Å². The third-order valence-electron chi connectivity index (χ3n) is 4.04. The third-order valence-corrected chi connectivity index (χ3v) is 4.04. The Bertz CT molecular complexity index is 538. The van der Waals surface area contributed by atoms with Crippen LogP contribution < -0.4 is 10.6 Å². The molecule has 0 spiro atoms. The maximum atomic E-state index is 12.4. The Morgan fingerprint density at radius 2 is 2.12 bits per heavy atom. The molecule has 2 N–H and O–H groups in total. The number of halogens is 3. The highest BCUT2D eigenvalue weighted by Gasteiger charge is 2.34. The molecule has 1 atom stereocenters. The Hall–Kier alpha value is -1.77. The van der Waals surface area contributed by atoms with Crippen LogP contribution in [0.15, 0.2) is 4.52 Å². The van der Waals surface area contributed by atoms with Crippen LogP contribution in [0.3, 0.4) is 0 Å². The van der Waals surface area contributed by atoms with Gasteiger partial charge in [0.05, 0.1) is 12.2 Å². The fraction of sp³-hybridized carbons (Fsp3) is 0.733. The number of urea groups is 1. The van der Waals surface area contributed by atoms with Gasteiger partial charge in [0.25, 0.3) is 0 Å². The van der Waals surface area contributed by atoms with Gasteiger partial charge in [-0.1, -0.05) is 19.0 Å². The van der Waals surface area contributed by atoms with E-state index in [2.05, 4.69) is 15.8 Å². The number of aromatic nitrogens is 1. The van der Waals surface area contributed by atoms with Gasteiger partial charge in [0, 0.05) is 37.7 Å². The Morgan fingerprint density at radius 1 is 1.38 bits per heavy atom.